The average Bonchev–Trinajstić information content (AvgIpc) is 2.40. The molecule has 0 bridgehead atoms. The van der Waals surface area contributed by atoms with Crippen LogP contribution in [0.15, 0.2) is 48.7 Å². The molecule has 4 nitrogen and oxygen atoms in total. The Morgan fingerprint density at radius 3 is 2.56 bits per heavy atom. The first-order chi connectivity index (χ1) is 8.66. The summed E-state index contributed by atoms with van der Waals surface area (Å²) < 4.78 is 0. The number of amides is 1. The molecule has 0 aliphatic rings. The van der Waals surface area contributed by atoms with Crippen molar-refractivity contribution in [2.75, 3.05) is 5.73 Å². The molecule has 0 saturated carbocycles. The van der Waals surface area contributed by atoms with E-state index in [0.29, 0.717) is 11.4 Å². The number of aromatic nitrogens is 1. The fourth-order valence-corrected chi connectivity index (χ4v) is 1.64. The molecule has 2 rings (SSSR count). The minimum Gasteiger partial charge on any atom is -0.399 e. The van der Waals surface area contributed by atoms with Crippen molar-refractivity contribution in [3.63, 3.8) is 0 Å². The van der Waals surface area contributed by atoms with Gasteiger partial charge in [0.05, 0.1) is 6.04 Å². The van der Waals surface area contributed by atoms with E-state index >= 15 is 0 Å². The van der Waals surface area contributed by atoms with E-state index in [1.165, 1.54) is 0 Å². The third-order valence-corrected chi connectivity index (χ3v) is 2.68. The second-order valence-electron chi connectivity index (χ2n) is 4.08. The summed E-state index contributed by atoms with van der Waals surface area (Å²) in [7, 11) is 0. The zero-order valence-electron chi connectivity index (χ0n) is 10.1. The quantitative estimate of drug-likeness (QED) is 0.809. The van der Waals surface area contributed by atoms with E-state index in [0.717, 1.165) is 5.56 Å². The fourth-order valence-electron chi connectivity index (χ4n) is 1.64. The standard InChI is InChI=1S/C14H15N3O/c1-10(11-5-7-12(15)8-6-11)17-14(18)13-4-2-3-9-16-13/h2-10H,15H2,1H3,(H,17,18)/t10-/m0/s1. The first-order valence-corrected chi connectivity index (χ1v) is 5.74. The van der Waals surface area contributed by atoms with Gasteiger partial charge < -0.3 is 11.1 Å². The number of hydrogen-bond acceptors (Lipinski definition) is 3. The smallest absolute Gasteiger partial charge is 0.270 e. The number of hydrogen-bond donors (Lipinski definition) is 2. The van der Waals surface area contributed by atoms with Gasteiger partial charge in [-0.25, -0.2) is 0 Å². The van der Waals surface area contributed by atoms with Crippen LogP contribution in [-0.2, 0) is 0 Å². The van der Waals surface area contributed by atoms with Crippen LogP contribution >= 0.6 is 0 Å². The lowest BCUT2D eigenvalue weighted by atomic mass is 10.1. The Morgan fingerprint density at radius 2 is 1.94 bits per heavy atom. The molecule has 0 radical (unpaired) electrons. The van der Waals surface area contributed by atoms with E-state index in [4.69, 9.17) is 5.73 Å². The van der Waals surface area contributed by atoms with E-state index < -0.39 is 0 Å². The Kier molecular flexibility index (Phi) is 3.57. The third kappa shape index (κ3) is 2.85. The summed E-state index contributed by atoms with van der Waals surface area (Å²) in [4.78, 5) is 15.9. The van der Waals surface area contributed by atoms with Crippen LogP contribution < -0.4 is 11.1 Å². The highest BCUT2D eigenvalue weighted by Crippen LogP contribution is 2.14. The topological polar surface area (TPSA) is 68.0 Å². The van der Waals surface area contributed by atoms with Crippen molar-refractivity contribution >= 4 is 11.6 Å². The van der Waals surface area contributed by atoms with Gasteiger partial charge in [-0.05, 0) is 36.8 Å². The van der Waals surface area contributed by atoms with Crippen molar-refractivity contribution in [2.24, 2.45) is 0 Å². The van der Waals surface area contributed by atoms with Gasteiger partial charge >= 0.3 is 0 Å². The number of nitrogens with one attached hydrogen (secondary N) is 1. The van der Waals surface area contributed by atoms with Crippen molar-refractivity contribution < 1.29 is 4.79 Å². The maximum absolute atomic E-state index is 11.9. The molecule has 0 spiro atoms. The van der Waals surface area contributed by atoms with Crippen molar-refractivity contribution in [1.82, 2.24) is 10.3 Å². The number of rotatable bonds is 3. The molecule has 0 saturated heterocycles. The normalized spacial score (nSPS) is 11.8. The summed E-state index contributed by atoms with van der Waals surface area (Å²) in [5.74, 6) is -0.181. The molecule has 1 heterocycles. The van der Waals surface area contributed by atoms with E-state index in [1.54, 1.807) is 24.4 Å². The molecule has 1 aromatic carbocycles. The monoisotopic (exact) mass is 241 g/mol. The minimum absolute atomic E-state index is 0.0832. The van der Waals surface area contributed by atoms with Gasteiger partial charge in [-0.3, -0.25) is 9.78 Å². The van der Waals surface area contributed by atoms with Gasteiger partial charge in [0, 0.05) is 11.9 Å². The first kappa shape index (κ1) is 12.1. The van der Waals surface area contributed by atoms with E-state index in [9.17, 15) is 4.79 Å². The summed E-state index contributed by atoms with van der Waals surface area (Å²) in [5, 5.41) is 2.89. The van der Waals surface area contributed by atoms with Crippen molar-refractivity contribution in [1.29, 1.82) is 0 Å². The third-order valence-electron chi connectivity index (χ3n) is 2.68. The zero-order chi connectivity index (χ0) is 13.0. The second kappa shape index (κ2) is 5.31. The lowest BCUT2D eigenvalue weighted by Gasteiger charge is -2.14. The Hall–Kier alpha value is -2.36. The number of nitrogens with zero attached hydrogens (tertiary/aromatic N) is 1. The largest absolute Gasteiger partial charge is 0.399 e. The van der Waals surface area contributed by atoms with Crippen molar-refractivity contribution in [3.8, 4) is 0 Å². The predicted octanol–water partition coefficient (Wildman–Crippen LogP) is 2.15. The van der Waals surface area contributed by atoms with Gasteiger partial charge in [0.15, 0.2) is 0 Å². The molecule has 0 fully saturated rings. The summed E-state index contributed by atoms with van der Waals surface area (Å²) in [6.45, 7) is 1.92. The van der Waals surface area contributed by atoms with Gasteiger partial charge in [-0.1, -0.05) is 18.2 Å². The molecule has 4 heteroatoms. The van der Waals surface area contributed by atoms with Crippen LogP contribution in [0.5, 0.6) is 0 Å². The second-order valence-corrected chi connectivity index (χ2v) is 4.08. The Labute approximate surface area is 106 Å². The summed E-state index contributed by atoms with van der Waals surface area (Å²) >= 11 is 0. The Morgan fingerprint density at radius 1 is 1.22 bits per heavy atom. The maximum Gasteiger partial charge on any atom is 0.270 e. The molecule has 0 unspecified atom stereocenters. The Bertz CT molecular complexity index is 522. The fraction of sp³-hybridized carbons (Fsp3) is 0.143. The van der Waals surface area contributed by atoms with Crippen molar-refractivity contribution in [2.45, 2.75) is 13.0 Å². The average molecular weight is 241 g/mol. The number of pyridine rings is 1. The van der Waals surface area contributed by atoms with Crippen LogP contribution in [0, 0.1) is 0 Å². The van der Waals surface area contributed by atoms with E-state index in [2.05, 4.69) is 10.3 Å². The van der Waals surface area contributed by atoms with Gasteiger partial charge in [0.25, 0.3) is 5.91 Å². The van der Waals surface area contributed by atoms with Gasteiger partial charge in [0.2, 0.25) is 0 Å². The van der Waals surface area contributed by atoms with Crippen LogP contribution in [0.1, 0.15) is 29.0 Å². The van der Waals surface area contributed by atoms with E-state index in [-0.39, 0.29) is 11.9 Å². The molecule has 92 valence electrons. The highest BCUT2D eigenvalue weighted by molar-refractivity contribution is 5.92. The summed E-state index contributed by atoms with van der Waals surface area (Å²) in [6, 6.07) is 12.6. The van der Waals surface area contributed by atoms with Gasteiger partial charge in [-0.2, -0.15) is 0 Å². The number of nitrogen functional groups attached to an aromatic ring is 1. The minimum atomic E-state index is -0.181. The highest BCUT2D eigenvalue weighted by Gasteiger charge is 2.11. The molecular weight excluding hydrogens is 226 g/mol. The number of anilines is 1. The molecule has 1 aromatic heterocycles. The van der Waals surface area contributed by atoms with Crippen molar-refractivity contribution in [3.05, 3.63) is 59.9 Å². The molecule has 1 atom stereocenters. The lowest BCUT2D eigenvalue weighted by Crippen LogP contribution is -2.27. The molecule has 2 aromatic rings. The molecule has 3 N–H and O–H groups in total. The SMILES string of the molecule is C[C@H](NC(=O)c1ccccn1)c1ccc(N)cc1. The van der Waals surface area contributed by atoms with Gasteiger partial charge in [0.1, 0.15) is 5.69 Å². The Balaban J connectivity index is 2.06. The predicted molar refractivity (Wildman–Crippen MR) is 71.0 cm³/mol. The van der Waals surface area contributed by atoms with E-state index in [1.807, 2.05) is 31.2 Å². The van der Waals surface area contributed by atoms with Crippen LogP contribution in [0.3, 0.4) is 0 Å². The molecular formula is C14H15N3O. The van der Waals surface area contributed by atoms with Gasteiger partial charge in [-0.15, -0.1) is 0 Å². The van der Waals surface area contributed by atoms with Crippen LogP contribution in [0.2, 0.25) is 0 Å². The number of nitrogens with two attached hydrogens (primary N) is 1. The summed E-state index contributed by atoms with van der Waals surface area (Å²) in [5.41, 5.74) is 7.76. The maximum atomic E-state index is 11.9. The first-order valence-electron chi connectivity index (χ1n) is 5.74. The molecule has 0 aliphatic heterocycles. The van der Waals surface area contributed by atoms with Crippen LogP contribution in [0.4, 0.5) is 5.69 Å². The molecule has 18 heavy (non-hydrogen) atoms. The number of carbonyl (C=O) groups is 1. The zero-order valence-corrected chi connectivity index (χ0v) is 10.1. The van der Waals surface area contributed by atoms with Crippen LogP contribution in [-0.4, -0.2) is 10.9 Å². The molecule has 0 aliphatic carbocycles. The van der Waals surface area contributed by atoms with Crippen LogP contribution in [0.25, 0.3) is 0 Å². The summed E-state index contributed by atoms with van der Waals surface area (Å²) in [6.07, 6.45) is 1.60. The molecule has 1 amide bonds. The number of carbonyl (C=O) groups excluding carboxylic acids is 1. The number of benzene rings is 1. The lowest BCUT2D eigenvalue weighted by molar-refractivity contribution is 0.0935. The highest BCUT2D eigenvalue weighted by atomic mass is 16.1.